The van der Waals surface area contributed by atoms with Crippen LogP contribution >= 0.6 is 0 Å². The second-order valence-electron chi connectivity index (χ2n) is 3.85. The third-order valence-electron chi connectivity index (χ3n) is 2.56. The highest BCUT2D eigenvalue weighted by Crippen LogP contribution is 2.07. The number of halogens is 1. The van der Waals surface area contributed by atoms with Crippen molar-refractivity contribution in [1.82, 2.24) is 4.90 Å². The molecule has 0 aromatic heterocycles. The molecule has 0 spiro atoms. The first kappa shape index (κ1) is 13.6. The van der Waals surface area contributed by atoms with Gasteiger partial charge in [-0.1, -0.05) is 18.2 Å². The first-order chi connectivity index (χ1) is 8.06. The molecule has 1 unspecified atom stereocenters. The molecule has 3 N–H and O–H groups in total. The van der Waals surface area contributed by atoms with Gasteiger partial charge < -0.3 is 15.7 Å². The van der Waals surface area contributed by atoms with Gasteiger partial charge in [0.05, 0.1) is 0 Å². The third-order valence-corrected chi connectivity index (χ3v) is 2.56. The van der Waals surface area contributed by atoms with Gasteiger partial charge in [-0.25, -0.2) is 4.39 Å². The van der Waals surface area contributed by atoms with E-state index in [4.69, 9.17) is 5.73 Å². The number of aliphatic hydroxyl groups excluding tert-OH is 1. The van der Waals surface area contributed by atoms with Crippen molar-refractivity contribution in [1.29, 1.82) is 0 Å². The fourth-order valence-corrected chi connectivity index (χ4v) is 1.45. The number of rotatable bonds is 5. The van der Waals surface area contributed by atoms with Crippen LogP contribution in [0, 0.1) is 5.82 Å². The topological polar surface area (TPSA) is 66.6 Å². The van der Waals surface area contributed by atoms with E-state index in [1.807, 2.05) is 0 Å². The number of aliphatic hydroxyl groups is 1. The summed E-state index contributed by atoms with van der Waals surface area (Å²) in [4.78, 5) is 12.8. The van der Waals surface area contributed by atoms with E-state index < -0.39 is 12.0 Å². The lowest BCUT2D eigenvalue weighted by Gasteiger charge is -2.19. The van der Waals surface area contributed by atoms with Crippen molar-refractivity contribution in [2.75, 3.05) is 20.1 Å². The maximum atomic E-state index is 13.3. The van der Waals surface area contributed by atoms with E-state index in [1.165, 1.54) is 11.0 Å². The molecule has 0 heterocycles. The molecule has 17 heavy (non-hydrogen) atoms. The van der Waals surface area contributed by atoms with E-state index in [0.717, 1.165) is 0 Å². The first-order valence-electron chi connectivity index (χ1n) is 5.42. The highest BCUT2D eigenvalue weighted by molar-refractivity contribution is 5.80. The number of amides is 1. The summed E-state index contributed by atoms with van der Waals surface area (Å²) in [7, 11) is 1.56. The molecular formula is C12H17FN2O2. The lowest BCUT2D eigenvalue weighted by molar-refractivity contribution is -0.138. The summed E-state index contributed by atoms with van der Waals surface area (Å²) in [6.45, 7) is 0.236. The van der Waals surface area contributed by atoms with E-state index in [0.29, 0.717) is 18.5 Å². The zero-order valence-electron chi connectivity index (χ0n) is 9.77. The largest absolute Gasteiger partial charge is 0.382 e. The van der Waals surface area contributed by atoms with E-state index in [9.17, 15) is 14.3 Å². The molecule has 4 nitrogen and oxygen atoms in total. The molecule has 1 rings (SSSR count). The summed E-state index contributed by atoms with van der Waals surface area (Å²) in [5.41, 5.74) is 5.73. The molecule has 0 saturated carbocycles. The molecule has 1 atom stereocenters. The van der Waals surface area contributed by atoms with Gasteiger partial charge >= 0.3 is 0 Å². The van der Waals surface area contributed by atoms with Gasteiger partial charge in [-0.05, 0) is 18.1 Å². The summed E-state index contributed by atoms with van der Waals surface area (Å²) >= 11 is 0. The van der Waals surface area contributed by atoms with Crippen LogP contribution in [-0.4, -0.2) is 42.2 Å². The average molecular weight is 240 g/mol. The molecule has 0 radical (unpaired) electrons. The van der Waals surface area contributed by atoms with Gasteiger partial charge in [0.15, 0.2) is 0 Å². The minimum absolute atomic E-state index is 0.108. The van der Waals surface area contributed by atoms with E-state index >= 15 is 0 Å². The van der Waals surface area contributed by atoms with Crippen molar-refractivity contribution in [3.8, 4) is 0 Å². The SMILES string of the molecule is CN(CCc1ccccc1F)C(=O)C(O)CN. The Bertz CT molecular complexity index is 385. The lowest BCUT2D eigenvalue weighted by atomic mass is 10.1. The predicted octanol–water partition coefficient (Wildman–Crippen LogP) is 0.146. The summed E-state index contributed by atoms with van der Waals surface area (Å²) in [5, 5.41) is 9.26. The molecule has 1 aromatic carbocycles. The van der Waals surface area contributed by atoms with Gasteiger partial charge in [-0.15, -0.1) is 0 Å². The Kier molecular flexibility index (Phi) is 5.06. The van der Waals surface area contributed by atoms with Gasteiger partial charge in [0.1, 0.15) is 11.9 Å². The van der Waals surface area contributed by atoms with Crippen molar-refractivity contribution in [3.63, 3.8) is 0 Å². The zero-order valence-corrected chi connectivity index (χ0v) is 9.77. The number of hydrogen-bond donors (Lipinski definition) is 2. The van der Waals surface area contributed by atoms with Crippen LogP contribution < -0.4 is 5.73 Å². The normalized spacial score (nSPS) is 12.2. The van der Waals surface area contributed by atoms with Crippen LogP contribution in [0.5, 0.6) is 0 Å². The number of nitrogens with two attached hydrogens (primary N) is 1. The molecule has 0 fully saturated rings. The second kappa shape index (κ2) is 6.32. The Balaban J connectivity index is 2.51. The van der Waals surface area contributed by atoms with E-state index in [-0.39, 0.29) is 12.4 Å². The minimum atomic E-state index is -1.18. The number of carbonyl (C=O) groups excluding carboxylic acids is 1. The van der Waals surface area contributed by atoms with Crippen molar-refractivity contribution in [2.24, 2.45) is 5.73 Å². The highest BCUT2D eigenvalue weighted by Gasteiger charge is 2.17. The van der Waals surface area contributed by atoms with Gasteiger partial charge in [-0.3, -0.25) is 4.79 Å². The van der Waals surface area contributed by atoms with Gasteiger partial charge in [-0.2, -0.15) is 0 Å². The van der Waals surface area contributed by atoms with Gasteiger partial charge in [0, 0.05) is 20.1 Å². The molecule has 1 aromatic rings. The summed E-state index contributed by atoms with van der Waals surface area (Å²) in [6.07, 6.45) is -0.771. The van der Waals surface area contributed by atoms with E-state index in [2.05, 4.69) is 0 Å². The van der Waals surface area contributed by atoms with Crippen molar-refractivity contribution in [3.05, 3.63) is 35.6 Å². The molecule has 94 valence electrons. The Hall–Kier alpha value is -1.46. The lowest BCUT2D eigenvalue weighted by Crippen LogP contribution is -2.41. The van der Waals surface area contributed by atoms with Crippen LogP contribution in [0.4, 0.5) is 4.39 Å². The van der Waals surface area contributed by atoms with Gasteiger partial charge in [0.25, 0.3) is 5.91 Å². The Morgan fingerprint density at radius 1 is 1.53 bits per heavy atom. The van der Waals surface area contributed by atoms with Crippen LogP contribution in [0.1, 0.15) is 5.56 Å². The molecule has 0 saturated heterocycles. The van der Waals surface area contributed by atoms with Crippen LogP contribution in [-0.2, 0) is 11.2 Å². The van der Waals surface area contributed by atoms with Crippen molar-refractivity contribution >= 4 is 5.91 Å². The molecule has 0 aliphatic heterocycles. The fraction of sp³-hybridized carbons (Fsp3) is 0.417. The molecule has 0 bridgehead atoms. The Labute approximate surface area is 99.8 Å². The summed E-state index contributed by atoms with van der Waals surface area (Å²) < 4.78 is 13.3. The third kappa shape index (κ3) is 3.80. The maximum Gasteiger partial charge on any atom is 0.252 e. The second-order valence-corrected chi connectivity index (χ2v) is 3.85. The standard InChI is InChI=1S/C12H17FN2O2/c1-15(12(17)11(16)8-14)7-6-9-4-2-3-5-10(9)13/h2-5,11,16H,6-8,14H2,1H3. The molecule has 0 aliphatic rings. The molecule has 1 amide bonds. The molecular weight excluding hydrogens is 223 g/mol. The smallest absolute Gasteiger partial charge is 0.252 e. The monoisotopic (exact) mass is 240 g/mol. The number of carbonyl (C=O) groups is 1. The highest BCUT2D eigenvalue weighted by atomic mass is 19.1. The Morgan fingerprint density at radius 3 is 2.76 bits per heavy atom. The maximum absolute atomic E-state index is 13.3. The predicted molar refractivity (Wildman–Crippen MR) is 62.8 cm³/mol. The quantitative estimate of drug-likeness (QED) is 0.769. The average Bonchev–Trinajstić information content (AvgIpc) is 2.35. The van der Waals surface area contributed by atoms with Crippen LogP contribution in [0.2, 0.25) is 0 Å². The van der Waals surface area contributed by atoms with Crippen LogP contribution in [0.15, 0.2) is 24.3 Å². The summed E-state index contributed by atoms with van der Waals surface area (Å²) in [6, 6.07) is 6.42. The molecule has 5 heteroatoms. The van der Waals surface area contributed by atoms with Crippen LogP contribution in [0.25, 0.3) is 0 Å². The minimum Gasteiger partial charge on any atom is -0.382 e. The van der Waals surface area contributed by atoms with Gasteiger partial charge in [0.2, 0.25) is 0 Å². The fourth-order valence-electron chi connectivity index (χ4n) is 1.45. The number of benzene rings is 1. The van der Waals surface area contributed by atoms with Crippen molar-refractivity contribution in [2.45, 2.75) is 12.5 Å². The Morgan fingerprint density at radius 2 is 2.18 bits per heavy atom. The zero-order chi connectivity index (χ0) is 12.8. The number of likely N-dealkylation sites (N-methyl/N-ethyl adjacent to an activating group) is 1. The number of nitrogens with zero attached hydrogens (tertiary/aromatic N) is 1. The summed E-state index contributed by atoms with van der Waals surface area (Å²) in [5.74, 6) is -0.725. The first-order valence-corrected chi connectivity index (χ1v) is 5.42. The van der Waals surface area contributed by atoms with Crippen LogP contribution in [0.3, 0.4) is 0 Å². The van der Waals surface area contributed by atoms with E-state index in [1.54, 1.807) is 25.2 Å². The molecule has 0 aliphatic carbocycles. The number of hydrogen-bond acceptors (Lipinski definition) is 3. The van der Waals surface area contributed by atoms with Crippen molar-refractivity contribution < 1.29 is 14.3 Å².